The molecule has 0 bridgehead atoms. The van der Waals surface area contributed by atoms with Crippen LogP contribution in [-0.2, 0) is 4.79 Å². The van der Waals surface area contributed by atoms with Crippen LogP contribution >= 0.6 is 11.3 Å². The minimum Gasteiger partial charge on any atom is -0.379 e. The zero-order valence-electron chi connectivity index (χ0n) is 14.6. The monoisotopic (exact) mass is 353 g/mol. The Balaban J connectivity index is 2.04. The number of carbonyl (C=O) groups excluding carboxylic acids is 1. The van der Waals surface area contributed by atoms with Gasteiger partial charge in [0.1, 0.15) is 10.7 Å². The van der Waals surface area contributed by atoms with Crippen LogP contribution in [0.5, 0.6) is 5.75 Å². The summed E-state index contributed by atoms with van der Waals surface area (Å²) in [6, 6.07) is 7.82. The molecular formula is C19H19N3O2S. The van der Waals surface area contributed by atoms with E-state index in [9.17, 15) is 4.79 Å². The zero-order chi connectivity index (χ0) is 18.0. The molecule has 0 fully saturated rings. The fourth-order valence-electron chi connectivity index (χ4n) is 2.80. The molecule has 2 aromatic heterocycles. The van der Waals surface area contributed by atoms with E-state index in [1.165, 1.54) is 6.92 Å². The molecule has 3 rings (SSSR count). The number of aryl methyl sites for hydroxylation is 2. The van der Waals surface area contributed by atoms with E-state index in [1.54, 1.807) is 17.5 Å². The number of amides is 1. The maximum atomic E-state index is 11.2. The quantitative estimate of drug-likeness (QED) is 0.713. The first kappa shape index (κ1) is 17.1. The number of nitrogens with one attached hydrogen (secondary N) is 1. The molecule has 0 saturated carbocycles. The van der Waals surface area contributed by atoms with Crippen molar-refractivity contribution in [1.29, 1.82) is 0 Å². The van der Waals surface area contributed by atoms with Crippen molar-refractivity contribution in [3.63, 3.8) is 0 Å². The van der Waals surface area contributed by atoms with Gasteiger partial charge in [-0.05, 0) is 44.0 Å². The molecule has 1 amide bonds. The van der Waals surface area contributed by atoms with Gasteiger partial charge in [0.25, 0.3) is 0 Å². The largest absolute Gasteiger partial charge is 0.379 e. The van der Waals surface area contributed by atoms with Crippen molar-refractivity contribution in [3.05, 3.63) is 52.5 Å². The van der Waals surface area contributed by atoms with E-state index in [2.05, 4.69) is 17.4 Å². The topological polar surface area (TPSA) is 64.1 Å². The molecule has 5 nitrogen and oxygen atoms in total. The first-order valence-corrected chi connectivity index (χ1v) is 8.77. The number of hydroxylamine groups is 1. The van der Waals surface area contributed by atoms with Crippen LogP contribution in [0.1, 0.15) is 23.6 Å². The molecular weight excluding hydrogens is 334 g/mol. The summed E-state index contributed by atoms with van der Waals surface area (Å²) in [5.41, 5.74) is 8.17. The molecule has 0 aliphatic heterocycles. The number of nitrogens with zero attached hydrogens (tertiary/aromatic N) is 2. The fourth-order valence-corrected chi connectivity index (χ4v) is 3.78. The molecule has 0 aliphatic carbocycles. The Bertz CT molecular complexity index is 920. The number of hydrogen-bond donors (Lipinski definition) is 1. The maximum absolute atomic E-state index is 11.2. The highest BCUT2D eigenvalue weighted by atomic mass is 32.1. The van der Waals surface area contributed by atoms with Gasteiger partial charge in [-0.2, -0.15) is 5.48 Å². The molecule has 0 aliphatic rings. The van der Waals surface area contributed by atoms with Gasteiger partial charge in [0.15, 0.2) is 5.75 Å². The maximum Gasteiger partial charge on any atom is 0.249 e. The standard InChI is InChI=1S/C19H19N3O2S/c1-11-9-12(2)18(24-22-14(4)23)13(3)17(11)19-21-16(10-25-19)15-7-5-6-8-20-15/h5-10H,1-4H3,(H,22,23). The van der Waals surface area contributed by atoms with Crippen molar-refractivity contribution in [1.82, 2.24) is 15.4 Å². The molecule has 128 valence electrons. The third-order valence-corrected chi connectivity index (χ3v) is 4.70. The summed E-state index contributed by atoms with van der Waals surface area (Å²) in [6.45, 7) is 7.41. The van der Waals surface area contributed by atoms with Crippen LogP contribution in [0.3, 0.4) is 0 Å². The van der Waals surface area contributed by atoms with Crippen molar-refractivity contribution in [2.75, 3.05) is 0 Å². The first-order chi connectivity index (χ1) is 12.0. The molecule has 2 heterocycles. The van der Waals surface area contributed by atoms with Crippen LogP contribution in [0.4, 0.5) is 0 Å². The summed E-state index contributed by atoms with van der Waals surface area (Å²) in [7, 11) is 0. The van der Waals surface area contributed by atoms with Crippen LogP contribution in [0, 0.1) is 20.8 Å². The van der Waals surface area contributed by atoms with Gasteiger partial charge in [0.2, 0.25) is 5.91 Å². The highest BCUT2D eigenvalue weighted by Crippen LogP contribution is 2.38. The molecule has 1 aromatic carbocycles. The minimum atomic E-state index is -0.243. The second-order valence-electron chi connectivity index (χ2n) is 5.85. The third-order valence-electron chi connectivity index (χ3n) is 3.84. The van der Waals surface area contributed by atoms with Gasteiger partial charge >= 0.3 is 0 Å². The Kier molecular flexibility index (Phi) is 4.81. The lowest BCUT2D eigenvalue weighted by Crippen LogP contribution is -2.24. The Morgan fingerprint density at radius 2 is 1.96 bits per heavy atom. The molecule has 0 atom stereocenters. The minimum absolute atomic E-state index is 0.243. The molecule has 3 aromatic rings. The Labute approximate surface area is 150 Å². The van der Waals surface area contributed by atoms with Crippen molar-refractivity contribution in [2.24, 2.45) is 0 Å². The lowest BCUT2D eigenvalue weighted by Gasteiger charge is -2.16. The van der Waals surface area contributed by atoms with Crippen molar-refractivity contribution >= 4 is 17.2 Å². The van der Waals surface area contributed by atoms with Crippen molar-refractivity contribution in [2.45, 2.75) is 27.7 Å². The Morgan fingerprint density at radius 3 is 2.64 bits per heavy atom. The molecule has 1 N–H and O–H groups in total. The van der Waals surface area contributed by atoms with Gasteiger partial charge in [-0.15, -0.1) is 11.3 Å². The second kappa shape index (κ2) is 7.03. The lowest BCUT2D eigenvalue weighted by molar-refractivity contribution is -0.125. The number of carbonyl (C=O) groups is 1. The van der Waals surface area contributed by atoms with Crippen LogP contribution < -0.4 is 10.3 Å². The SMILES string of the molecule is CC(=O)NOc1c(C)cc(C)c(-c2nc(-c3ccccn3)cs2)c1C. The van der Waals surface area contributed by atoms with E-state index in [1.807, 2.05) is 43.5 Å². The van der Waals surface area contributed by atoms with E-state index in [-0.39, 0.29) is 5.91 Å². The summed E-state index contributed by atoms with van der Waals surface area (Å²) in [5, 5.41) is 2.91. The molecule has 25 heavy (non-hydrogen) atoms. The average Bonchev–Trinajstić information content (AvgIpc) is 3.04. The number of hydrogen-bond acceptors (Lipinski definition) is 5. The van der Waals surface area contributed by atoms with E-state index >= 15 is 0 Å². The smallest absolute Gasteiger partial charge is 0.249 e. The number of pyridine rings is 1. The van der Waals surface area contributed by atoms with Crippen LogP contribution in [-0.4, -0.2) is 15.9 Å². The summed E-state index contributed by atoms with van der Waals surface area (Å²) in [5.74, 6) is 0.415. The normalized spacial score (nSPS) is 10.6. The van der Waals surface area contributed by atoms with Crippen LogP contribution in [0.2, 0.25) is 0 Å². The van der Waals surface area contributed by atoms with Crippen LogP contribution in [0.15, 0.2) is 35.8 Å². The van der Waals surface area contributed by atoms with Gasteiger partial charge in [-0.3, -0.25) is 9.78 Å². The van der Waals surface area contributed by atoms with Gasteiger partial charge in [0.05, 0.1) is 5.69 Å². The summed E-state index contributed by atoms with van der Waals surface area (Å²) < 4.78 is 0. The number of thiazole rings is 1. The zero-order valence-corrected chi connectivity index (χ0v) is 15.4. The molecule has 0 spiro atoms. The van der Waals surface area contributed by atoms with Gasteiger partial charge < -0.3 is 4.84 Å². The highest BCUT2D eigenvalue weighted by Gasteiger charge is 2.18. The van der Waals surface area contributed by atoms with Crippen LogP contribution in [0.25, 0.3) is 22.0 Å². The lowest BCUT2D eigenvalue weighted by atomic mass is 9.99. The summed E-state index contributed by atoms with van der Waals surface area (Å²) in [4.78, 5) is 25.8. The molecule has 0 radical (unpaired) electrons. The van der Waals surface area contributed by atoms with E-state index in [0.717, 1.165) is 38.6 Å². The van der Waals surface area contributed by atoms with Gasteiger partial charge in [-0.1, -0.05) is 12.1 Å². The predicted octanol–water partition coefficient (Wildman–Crippen LogP) is 4.23. The van der Waals surface area contributed by atoms with Crippen molar-refractivity contribution in [3.8, 4) is 27.7 Å². The number of rotatable bonds is 4. The second-order valence-corrected chi connectivity index (χ2v) is 6.71. The van der Waals surface area contributed by atoms with E-state index in [0.29, 0.717) is 5.75 Å². The number of aromatic nitrogens is 2. The van der Waals surface area contributed by atoms with Gasteiger partial charge in [0, 0.05) is 29.6 Å². The van der Waals surface area contributed by atoms with E-state index in [4.69, 9.17) is 9.82 Å². The average molecular weight is 353 g/mol. The fraction of sp³-hybridized carbons (Fsp3) is 0.211. The number of benzene rings is 1. The third kappa shape index (κ3) is 3.53. The molecule has 6 heteroatoms. The summed E-state index contributed by atoms with van der Waals surface area (Å²) in [6.07, 6.45) is 1.76. The first-order valence-electron chi connectivity index (χ1n) is 7.89. The van der Waals surface area contributed by atoms with Crippen molar-refractivity contribution < 1.29 is 9.63 Å². The molecule has 0 unspecified atom stereocenters. The Morgan fingerprint density at radius 1 is 1.16 bits per heavy atom. The molecule has 0 saturated heterocycles. The van der Waals surface area contributed by atoms with E-state index < -0.39 is 0 Å². The predicted molar refractivity (Wildman–Crippen MR) is 99.4 cm³/mol. The summed E-state index contributed by atoms with van der Waals surface area (Å²) >= 11 is 1.57. The Hall–Kier alpha value is -2.73. The highest BCUT2D eigenvalue weighted by molar-refractivity contribution is 7.13. The van der Waals surface area contributed by atoms with Gasteiger partial charge in [-0.25, -0.2) is 4.98 Å².